The summed E-state index contributed by atoms with van der Waals surface area (Å²) in [5.41, 5.74) is 0. The second-order valence-electron chi connectivity index (χ2n) is 6.00. The van der Waals surface area contributed by atoms with Crippen molar-refractivity contribution in [1.82, 2.24) is 0 Å². The summed E-state index contributed by atoms with van der Waals surface area (Å²) < 4.78 is 11.2. The summed E-state index contributed by atoms with van der Waals surface area (Å²) >= 11 is 0. The third-order valence-corrected chi connectivity index (χ3v) is 3.01. The van der Waals surface area contributed by atoms with Crippen LogP contribution in [0.4, 0.5) is 0 Å². The third-order valence-electron chi connectivity index (χ3n) is 3.01. The fourth-order valence-electron chi connectivity index (χ4n) is 1.60. The highest BCUT2D eigenvalue weighted by Gasteiger charge is 1.96. The van der Waals surface area contributed by atoms with Gasteiger partial charge in [0.2, 0.25) is 0 Å². The first-order valence-electron chi connectivity index (χ1n) is 7.78. The van der Waals surface area contributed by atoms with E-state index in [2.05, 4.69) is 27.7 Å². The van der Waals surface area contributed by atoms with Gasteiger partial charge in [-0.05, 0) is 37.5 Å². The van der Waals surface area contributed by atoms with Gasteiger partial charge in [0.1, 0.15) is 0 Å². The highest BCUT2D eigenvalue weighted by Crippen LogP contribution is 2.04. The second-order valence-corrected chi connectivity index (χ2v) is 6.00. The fraction of sp³-hybridized carbons (Fsp3) is 1.00. The van der Waals surface area contributed by atoms with E-state index in [9.17, 15) is 0 Å². The summed E-state index contributed by atoms with van der Waals surface area (Å²) in [5.74, 6) is 1.51. The molecule has 110 valence electrons. The summed E-state index contributed by atoms with van der Waals surface area (Å²) in [6.07, 6.45) is 7.31. The highest BCUT2D eigenvalue weighted by molar-refractivity contribution is 4.46. The van der Waals surface area contributed by atoms with E-state index >= 15 is 0 Å². The van der Waals surface area contributed by atoms with E-state index in [1.807, 2.05) is 0 Å². The van der Waals surface area contributed by atoms with Crippen molar-refractivity contribution in [2.45, 2.75) is 66.2 Å². The fourth-order valence-corrected chi connectivity index (χ4v) is 1.60. The van der Waals surface area contributed by atoms with Gasteiger partial charge in [0.05, 0.1) is 0 Å². The van der Waals surface area contributed by atoms with Gasteiger partial charge in [0, 0.05) is 26.4 Å². The Kier molecular flexibility index (Phi) is 13.3. The van der Waals surface area contributed by atoms with Crippen LogP contribution in [0.5, 0.6) is 0 Å². The van der Waals surface area contributed by atoms with Crippen LogP contribution in [0.3, 0.4) is 0 Å². The Labute approximate surface area is 114 Å². The van der Waals surface area contributed by atoms with Crippen LogP contribution in [0.1, 0.15) is 66.2 Å². The molecule has 0 radical (unpaired) electrons. The van der Waals surface area contributed by atoms with Crippen LogP contribution in [0.2, 0.25) is 0 Å². The molecule has 0 spiro atoms. The molecule has 0 bridgehead atoms. The maximum absolute atomic E-state index is 5.58. The maximum atomic E-state index is 5.58. The maximum Gasteiger partial charge on any atom is 0.0468 e. The van der Waals surface area contributed by atoms with Gasteiger partial charge in [-0.2, -0.15) is 0 Å². The lowest BCUT2D eigenvalue weighted by atomic mass is 10.1. The Morgan fingerprint density at radius 2 is 0.944 bits per heavy atom. The van der Waals surface area contributed by atoms with Crippen molar-refractivity contribution in [2.24, 2.45) is 11.8 Å². The van der Waals surface area contributed by atoms with E-state index in [0.29, 0.717) is 0 Å². The van der Waals surface area contributed by atoms with Crippen LogP contribution >= 0.6 is 0 Å². The van der Waals surface area contributed by atoms with Crippen molar-refractivity contribution in [3.63, 3.8) is 0 Å². The van der Waals surface area contributed by atoms with E-state index in [1.54, 1.807) is 0 Å². The van der Waals surface area contributed by atoms with Crippen LogP contribution in [0.15, 0.2) is 0 Å². The number of hydrogen-bond acceptors (Lipinski definition) is 2. The highest BCUT2D eigenvalue weighted by atomic mass is 16.5. The van der Waals surface area contributed by atoms with Gasteiger partial charge >= 0.3 is 0 Å². The quantitative estimate of drug-likeness (QED) is 0.447. The number of hydrogen-bond donors (Lipinski definition) is 0. The molecule has 0 aliphatic heterocycles. The molecule has 0 N–H and O–H groups in total. The monoisotopic (exact) mass is 258 g/mol. The molecule has 0 heterocycles. The molecule has 0 atom stereocenters. The average Bonchev–Trinajstić information content (AvgIpc) is 2.29. The van der Waals surface area contributed by atoms with E-state index in [1.165, 1.54) is 38.5 Å². The van der Waals surface area contributed by atoms with Crippen LogP contribution < -0.4 is 0 Å². The first-order chi connectivity index (χ1) is 8.63. The molecule has 0 saturated heterocycles. The zero-order valence-corrected chi connectivity index (χ0v) is 13.0. The van der Waals surface area contributed by atoms with Gasteiger partial charge in [0.15, 0.2) is 0 Å². The minimum Gasteiger partial charge on any atom is -0.381 e. The summed E-state index contributed by atoms with van der Waals surface area (Å²) in [7, 11) is 0. The van der Waals surface area contributed by atoms with Crippen molar-refractivity contribution in [2.75, 3.05) is 26.4 Å². The molecule has 0 aromatic rings. The molecule has 2 nitrogen and oxygen atoms in total. The summed E-state index contributed by atoms with van der Waals surface area (Å²) in [5, 5.41) is 0. The first-order valence-corrected chi connectivity index (χ1v) is 7.78. The van der Waals surface area contributed by atoms with Crippen LogP contribution in [-0.4, -0.2) is 26.4 Å². The molecule has 0 fully saturated rings. The largest absolute Gasteiger partial charge is 0.381 e. The van der Waals surface area contributed by atoms with Gasteiger partial charge in [0.25, 0.3) is 0 Å². The molecule has 0 saturated carbocycles. The molecule has 0 unspecified atom stereocenters. The van der Waals surface area contributed by atoms with Crippen LogP contribution in [0, 0.1) is 11.8 Å². The zero-order chi connectivity index (χ0) is 13.6. The SMILES string of the molecule is CC(C)CCOCCCCCCOCCC(C)C. The van der Waals surface area contributed by atoms with E-state index in [0.717, 1.165) is 38.3 Å². The van der Waals surface area contributed by atoms with Gasteiger partial charge in [-0.15, -0.1) is 0 Å². The Hall–Kier alpha value is -0.0800. The number of unbranched alkanes of at least 4 members (excludes halogenated alkanes) is 3. The molecule has 0 aromatic heterocycles. The summed E-state index contributed by atoms with van der Waals surface area (Å²) in [6.45, 7) is 12.7. The lowest BCUT2D eigenvalue weighted by Crippen LogP contribution is -2.02. The van der Waals surface area contributed by atoms with Gasteiger partial charge in [-0.1, -0.05) is 40.5 Å². The van der Waals surface area contributed by atoms with Gasteiger partial charge < -0.3 is 9.47 Å². The van der Waals surface area contributed by atoms with Gasteiger partial charge in [-0.3, -0.25) is 0 Å². The minimum atomic E-state index is 0.757. The summed E-state index contributed by atoms with van der Waals surface area (Å²) in [4.78, 5) is 0. The lowest BCUT2D eigenvalue weighted by molar-refractivity contribution is 0.111. The Bertz CT molecular complexity index is 137. The molecule has 0 amide bonds. The third kappa shape index (κ3) is 15.9. The average molecular weight is 258 g/mol. The molecule has 2 heteroatoms. The van der Waals surface area contributed by atoms with E-state index < -0.39 is 0 Å². The molecule has 0 aliphatic carbocycles. The first kappa shape index (κ1) is 17.9. The van der Waals surface area contributed by atoms with Crippen molar-refractivity contribution < 1.29 is 9.47 Å². The molecule has 18 heavy (non-hydrogen) atoms. The molecule has 0 aliphatic rings. The summed E-state index contributed by atoms with van der Waals surface area (Å²) in [6, 6.07) is 0. The van der Waals surface area contributed by atoms with Crippen LogP contribution in [0.25, 0.3) is 0 Å². The van der Waals surface area contributed by atoms with Crippen LogP contribution in [-0.2, 0) is 9.47 Å². The van der Waals surface area contributed by atoms with E-state index in [-0.39, 0.29) is 0 Å². The molecule has 0 rings (SSSR count). The number of rotatable bonds is 13. The Balaban J connectivity index is 2.95. The van der Waals surface area contributed by atoms with Crippen molar-refractivity contribution >= 4 is 0 Å². The zero-order valence-electron chi connectivity index (χ0n) is 13.0. The standard InChI is InChI=1S/C16H34O2/c1-15(2)9-13-17-11-7-5-6-8-12-18-14-10-16(3)4/h15-16H,5-14H2,1-4H3. The van der Waals surface area contributed by atoms with Gasteiger partial charge in [-0.25, -0.2) is 0 Å². The molecular formula is C16H34O2. The number of ether oxygens (including phenoxy) is 2. The Morgan fingerprint density at radius 3 is 1.28 bits per heavy atom. The lowest BCUT2D eigenvalue weighted by Gasteiger charge is -2.07. The second kappa shape index (κ2) is 13.4. The van der Waals surface area contributed by atoms with Crippen molar-refractivity contribution in [3.05, 3.63) is 0 Å². The Morgan fingerprint density at radius 1 is 0.556 bits per heavy atom. The predicted molar refractivity (Wildman–Crippen MR) is 79.0 cm³/mol. The topological polar surface area (TPSA) is 18.5 Å². The van der Waals surface area contributed by atoms with E-state index in [4.69, 9.17) is 9.47 Å². The van der Waals surface area contributed by atoms with Crippen molar-refractivity contribution in [1.29, 1.82) is 0 Å². The molecule has 0 aromatic carbocycles. The van der Waals surface area contributed by atoms with Crippen molar-refractivity contribution in [3.8, 4) is 0 Å². The normalized spacial score (nSPS) is 11.7. The smallest absolute Gasteiger partial charge is 0.0468 e. The molecular weight excluding hydrogens is 224 g/mol. The minimum absolute atomic E-state index is 0.757. The predicted octanol–water partition coefficient (Wildman–Crippen LogP) is 4.67.